The summed E-state index contributed by atoms with van der Waals surface area (Å²) in [7, 11) is 3.21. The maximum atomic E-state index is 10.7. The van der Waals surface area contributed by atoms with Crippen LogP contribution in [0.4, 0.5) is 5.69 Å². The summed E-state index contributed by atoms with van der Waals surface area (Å²) in [6, 6.07) is 11.8. The van der Waals surface area contributed by atoms with E-state index in [-0.39, 0.29) is 30.2 Å². The molecule has 0 atom stereocenters. The topological polar surface area (TPSA) is 126 Å². The zero-order chi connectivity index (χ0) is 20.4. The third-order valence-corrected chi connectivity index (χ3v) is 4.30. The molecular weight excluding hydrogens is 416 g/mol. The molecule has 0 aliphatic rings. The number of halogens is 1. The highest BCUT2D eigenvalue weighted by atomic mass is 35.5. The molecule has 2 aromatic rings. The van der Waals surface area contributed by atoms with Crippen molar-refractivity contribution in [2.45, 2.75) is 6.42 Å². The van der Waals surface area contributed by atoms with E-state index in [0.29, 0.717) is 36.9 Å². The second kappa shape index (κ2) is 14.4. The zero-order valence-corrected chi connectivity index (χ0v) is 17.9. The first-order valence-corrected chi connectivity index (χ1v) is 8.98. The Morgan fingerprint density at radius 1 is 1.00 bits per heavy atom. The molecule has 10 heteroatoms. The van der Waals surface area contributed by atoms with Crippen molar-refractivity contribution in [3.05, 3.63) is 58.1 Å². The quantitative estimate of drug-likeness (QED) is 0.392. The van der Waals surface area contributed by atoms with Crippen molar-refractivity contribution in [2.75, 3.05) is 47.1 Å². The lowest BCUT2D eigenvalue weighted by molar-refractivity contribution is -0.384. The van der Waals surface area contributed by atoms with E-state index in [1.54, 1.807) is 26.4 Å². The summed E-state index contributed by atoms with van der Waals surface area (Å²) in [4.78, 5) is 12.3. The molecule has 0 aliphatic heterocycles. The van der Waals surface area contributed by atoms with Gasteiger partial charge in [-0.25, -0.2) is 0 Å². The Morgan fingerprint density at radius 3 is 2.23 bits per heavy atom. The van der Waals surface area contributed by atoms with Gasteiger partial charge in [-0.2, -0.15) is 0 Å². The van der Waals surface area contributed by atoms with Gasteiger partial charge in [-0.05, 0) is 36.2 Å². The summed E-state index contributed by atoms with van der Waals surface area (Å²) in [6.07, 6.45) is 0.790. The molecule has 2 aromatic carbocycles. The molecule has 0 heterocycles. The molecule has 0 saturated heterocycles. The van der Waals surface area contributed by atoms with E-state index in [1.165, 1.54) is 12.1 Å². The summed E-state index contributed by atoms with van der Waals surface area (Å²) in [5, 5.41) is 20.0. The minimum atomic E-state index is -0.444. The first-order chi connectivity index (χ1) is 13.6. The van der Waals surface area contributed by atoms with Gasteiger partial charge in [0, 0.05) is 31.8 Å². The lowest BCUT2D eigenvalue weighted by Gasteiger charge is -2.21. The second-order valence-electron chi connectivity index (χ2n) is 6.10. The number of nitro groups is 1. The maximum Gasteiger partial charge on any atom is 0.269 e. The number of methoxy groups -OCH3 is 2. The summed E-state index contributed by atoms with van der Waals surface area (Å²) in [5.41, 5.74) is 1.14. The number of benzene rings is 2. The van der Waals surface area contributed by atoms with E-state index in [9.17, 15) is 15.2 Å². The van der Waals surface area contributed by atoms with Gasteiger partial charge < -0.3 is 24.8 Å². The number of rotatable bonds is 12. The molecule has 9 nitrogen and oxygen atoms in total. The Kier molecular flexibility index (Phi) is 13.2. The van der Waals surface area contributed by atoms with E-state index in [4.69, 9.17) is 14.2 Å². The fourth-order valence-electron chi connectivity index (χ4n) is 2.76. The van der Waals surface area contributed by atoms with Gasteiger partial charge in [0.2, 0.25) is 0 Å². The number of non-ortho nitro benzene ring substituents is 1. The minimum absolute atomic E-state index is 0. The fourth-order valence-corrected chi connectivity index (χ4v) is 2.76. The number of aliphatic hydroxyl groups excluding tert-OH is 1. The molecule has 0 bridgehead atoms. The highest BCUT2D eigenvalue weighted by molar-refractivity contribution is 5.85. The average molecular weight is 445 g/mol. The van der Waals surface area contributed by atoms with E-state index < -0.39 is 4.92 Å². The Morgan fingerprint density at radius 2 is 1.67 bits per heavy atom. The second-order valence-corrected chi connectivity index (χ2v) is 6.10. The lowest BCUT2D eigenvalue weighted by atomic mass is 10.1. The normalized spacial score (nSPS) is 10.0. The summed E-state index contributed by atoms with van der Waals surface area (Å²) in [5.74, 6) is 1.96. The number of nitrogens with zero attached hydrogens (tertiary/aromatic N) is 2. The van der Waals surface area contributed by atoms with Crippen LogP contribution < -0.4 is 14.2 Å². The van der Waals surface area contributed by atoms with Crippen molar-refractivity contribution in [1.82, 2.24) is 4.90 Å². The van der Waals surface area contributed by atoms with Crippen LogP contribution in [-0.2, 0) is 6.42 Å². The molecule has 0 amide bonds. The van der Waals surface area contributed by atoms with Crippen LogP contribution in [0.5, 0.6) is 17.2 Å². The van der Waals surface area contributed by atoms with E-state index in [0.717, 1.165) is 18.5 Å². The van der Waals surface area contributed by atoms with Crippen molar-refractivity contribution in [2.24, 2.45) is 0 Å². The zero-order valence-electron chi connectivity index (χ0n) is 17.1. The largest absolute Gasteiger partial charge is 0.493 e. The van der Waals surface area contributed by atoms with Crippen LogP contribution in [0.3, 0.4) is 0 Å². The van der Waals surface area contributed by atoms with E-state index in [1.807, 2.05) is 18.2 Å². The smallest absolute Gasteiger partial charge is 0.269 e. The molecule has 0 fully saturated rings. The molecule has 30 heavy (non-hydrogen) atoms. The van der Waals surface area contributed by atoms with Crippen molar-refractivity contribution >= 4 is 18.1 Å². The molecule has 0 aromatic heterocycles. The monoisotopic (exact) mass is 444 g/mol. The number of nitro benzene ring substituents is 1. The Hall–Kier alpha value is -2.59. The summed E-state index contributed by atoms with van der Waals surface area (Å²) in [6.45, 7) is 2.40. The van der Waals surface area contributed by atoms with Gasteiger partial charge in [0.1, 0.15) is 12.4 Å². The highest BCUT2D eigenvalue weighted by Gasteiger charge is 2.09. The molecule has 0 unspecified atom stereocenters. The summed E-state index contributed by atoms with van der Waals surface area (Å²) >= 11 is 0. The predicted molar refractivity (Wildman–Crippen MR) is 116 cm³/mol. The van der Waals surface area contributed by atoms with Crippen LogP contribution in [0.1, 0.15) is 5.56 Å². The van der Waals surface area contributed by atoms with Gasteiger partial charge in [-0.3, -0.25) is 15.0 Å². The van der Waals surface area contributed by atoms with Crippen LogP contribution in [0, 0.1) is 10.1 Å². The van der Waals surface area contributed by atoms with Crippen molar-refractivity contribution in [3.8, 4) is 17.2 Å². The number of hydrogen-bond acceptors (Lipinski definition) is 7. The van der Waals surface area contributed by atoms with Crippen LogP contribution in [0.25, 0.3) is 0 Å². The first-order valence-electron chi connectivity index (χ1n) is 8.98. The molecule has 2 rings (SSSR count). The van der Waals surface area contributed by atoms with Gasteiger partial charge in [0.15, 0.2) is 11.5 Å². The molecule has 0 aliphatic carbocycles. The molecular formula is C20H29ClN2O7. The van der Waals surface area contributed by atoms with Crippen LogP contribution in [0.15, 0.2) is 42.5 Å². The first kappa shape index (κ1) is 27.4. The van der Waals surface area contributed by atoms with Gasteiger partial charge in [-0.15, -0.1) is 12.4 Å². The summed E-state index contributed by atoms with van der Waals surface area (Å²) < 4.78 is 16.2. The van der Waals surface area contributed by atoms with Gasteiger partial charge in [0.05, 0.1) is 25.7 Å². The minimum Gasteiger partial charge on any atom is -0.493 e. The Bertz CT molecular complexity index is 759. The fraction of sp³-hybridized carbons (Fsp3) is 0.400. The Labute approximate surface area is 182 Å². The standard InChI is InChI=1S/C20H26N2O6.ClH.H2O/c1-26-19-8-3-16(15-20(19)27-2)9-10-21(11-13-23)12-14-28-18-6-4-17(5-7-18)22(24)25;;/h3-8,15,23H,9-14H2,1-2H3;1H;1H2. The van der Waals surface area contributed by atoms with Crippen LogP contribution in [0.2, 0.25) is 0 Å². The predicted octanol–water partition coefficient (Wildman–Crippen LogP) is 2.12. The van der Waals surface area contributed by atoms with E-state index >= 15 is 0 Å². The molecule has 0 radical (unpaired) electrons. The molecule has 3 N–H and O–H groups in total. The molecule has 0 saturated carbocycles. The molecule has 0 spiro atoms. The van der Waals surface area contributed by atoms with Crippen LogP contribution >= 0.6 is 12.4 Å². The Balaban J connectivity index is 0.00000420. The van der Waals surface area contributed by atoms with Crippen molar-refractivity contribution in [1.29, 1.82) is 0 Å². The number of aliphatic hydroxyl groups is 1. The SMILES string of the molecule is COc1ccc(CCN(CCO)CCOc2ccc([N+](=O)[O-])cc2)cc1OC.Cl.O. The van der Waals surface area contributed by atoms with Gasteiger partial charge in [-0.1, -0.05) is 6.07 Å². The average Bonchev–Trinajstić information content (AvgIpc) is 2.72. The number of ether oxygens (including phenoxy) is 3. The maximum absolute atomic E-state index is 10.7. The van der Waals surface area contributed by atoms with Crippen molar-refractivity contribution < 1.29 is 29.7 Å². The third-order valence-electron chi connectivity index (χ3n) is 4.30. The van der Waals surface area contributed by atoms with E-state index in [2.05, 4.69) is 4.90 Å². The van der Waals surface area contributed by atoms with Crippen LogP contribution in [-0.4, -0.2) is 67.5 Å². The lowest BCUT2D eigenvalue weighted by Crippen LogP contribution is -2.33. The number of hydrogen-bond donors (Lipinski definition) is 1. The highest BCUT2D eigenvalue weighted by Crippen LogP contribution is 2.27. The third kappa shape index (κ3) is 8.42. The van der Waals surface area contributed by atoms with Crippen molar-refractivity contribution in [3.63, 3.8) is 0 Å². The van der Waals surface area contributed by atoms with Gasteiger partial charge in [0.25, 0.3) is 5.69 Å². The van der Waals surface area contributed by atoms with Gasteiger partial charge >= 0.3 is 0 Å². The molecule has 168 valence electrons.